The van der Waals surface area contributed by atoms with E-state index in [0.717, 1.165) is 29.8 Å². The van der Waals surface area contributed by atoms with Crippen LogP contribution < -0.4 is 10.1 Å². The van der Waals surface area contributed by atoms with Gasteiger partial charge in [0.25, 0.3) is 0 Å². The van der Waals surface area contributed by atoms with Gasteiger partial charge in [-0.05, 0) is 60.5 Å². The summed E-state index contributed by atoms with van der Waals surface area (Å²) in [6, 6.07) is 24.1. The van der Waals surface area contributed by atoms with Gasteiger partial charge in [0.2, 0.25) is 11.8 Å². The van der Waals surface area contributed by atoms with Gasteiger partial charge in [-0.15, -0.1) is 0 Å². The average Bonchev–Trinajstić information content (AvgIpc) is 2.93. The summed E-state index contributed by atoms with van der Waals surface area (Å²) in [5.74, 6) is 0.390. The van der Waals surface area contributed by atoms with Crippen molar-refractivity contribution in [2.75, 3.05) is 11.9 Å². The minimum Gasteiger partial charge on any atom is -0.494 e. The van der Waals surface area contributed by atoms with Crippen LogP contribution in [-0.2, 0) is 16.1 Å². The summed E-state index contributed by atoms with van der Waals surface area (Å²) >= 11 is 7.33. The van der Waals surface area contributed by atoms with Crippen LogP contribution in [0.5, 0.6) is 5.75 Å². The summed E-state index contributed by atoms with van der Waals surface area (Å²) in [5, 5.41) is 3.48. The second-order valence-electron chi connectivity index (χ2n) is 9.07. The van der Waals surface area contributed by atoms with Crippen LogP contribution in [0.3, 0.4) is 0 Å². The normalized spacial score (nSPS) is 16.5. The van der Waals surface area contributed by atoms with Crippen LogP contribution in [0.15, 0.2) is 83.9 Å². The number of thioether (sulfide) groups is 1. The minimum atomic E-state index is -0.596. The monoisotopic (exact) mass is 549 g/mol. The zero-order valence-corrected chi connectivity index (χ0v) is 23.0. The highest BCUT2D eigenvalue weighted by Crippen LogP contribution is 2.31. The number of nitrogens with one attached hydrogen (secondary N) is 1. The van der Waals surface area contributed by atoms with Crippen molar-refractivity contribution in [2.45, 2.75) is 50.8 Å². The quantitative estimate of drug-likeness (QED) is 0.252. The summed E-state index contributed by atoms with van der Waals surface area (Å²) in [6.45, 7) is 3.22. The van der Waals surface area contributed by atoms with Gasteiger partial charge >= 0.3 is 0 Å². The number of rotatable bonds is 11. The Morgan fingerprint density at radius 3 is 2.47 bits per heavy atom. The Morgan fingerprint density at radius 2 is 1.76 bits per heavy atom. The molecule has 198 valence electrons. The predicted molar refractivity (Wildman–Crippen MR) is 156 cm³/mol. The zero-order valence-electron chi connectivity index (χ0n) is 21.4. The molecule has 1 atom stereocenters. The maximum absolute atomic E-state index is 13.3. The van der Waals surface area contributed by atoms with Gasteiger partial charge in [-0.3, -0.25) is 14.5 Å². The van der Waals surface area contributed by atoms with Crippen LogP contribution in [-0.4, -0.2) is 33.7 Å². The van der Waals surface area contributed by atoms with E-state index in [1.54, 1.807) is 17.0 Å². The lowest BCUT2D eigenvalue weighted by Gasteiger charge is -2.32. The molecule has 1 fully saturated rings. The number of hydrogen-bond donors (Lipinski definition) is 1. The molecule has 1 saturated heterocycles. The van der Waals surface area contributed by atoms with Crippen LogP contribution in [0.4, 0.5) is 11.4 Å². The van der Waals surface area contributed by atoms with Crippen LogP contribution in [0.1, 0.15) is 44.6 Å². The zero-order chi connectivity index (χ0) is 26.7. The first-order valence-corrected chi connectivity index (χ1v) is 14.2. The Balaban J connectivity index is 1.42. The minimum absolute atomic E-state index is 0.0802. The van der Waals surface area contributed by atoms with E-state index in [0.29, 0.717) is 29.0 Å². The van der Waals surface area contributed by atoms with Gasteiger partial charge in [-0.1, -0.05) is 79.9 Å². The fourth-order valence-corrected chi connectivity index (χ4v) is 5.18. The molecule has 0 aliphatic carbocycles. The predicted octanol–water partition coefficient (Wildman–Crippen LogP) is 7.46. The number of benzene rings is 3. The molecule has 38 heavy (non-hydrogen) atoms. The third-order valence-electron chi connectivity index (χ3n) is 6.06. The molecule has 0 unspecified atom stereocenters. The number of nitrogens with zero attached hydrogens (tertiary/aromatic N) is 2. The first-order chi connectivity index (χ1) is 18.5. The number of para-hydroxylation sites is 1. The van der Waals surface area contributed by atoms with Crippen LogP contribution in [0.25, 0.3) is 0 Å². The molecule has 0 spiro atoms. The SMILES string of the molecule is CCCCCCOc1ccc(NC(=O)[C@@H]2CC(=O)N(Cc3ccc(Cl)cc3)C(=Nc3ccccc3)S2)cc1. The maximum atomic E-state index is 13.3. The van der Waals surface area contributed by atoms with E-state index in [-0.39, 0.29) is 18.2 Å². The summed E-state index contributed by atoms with van der Waals surface area (Å²) < 4.78 is 5.79. The number of amidine groups is 1. The molecule has 1 N–H and O–H groups in total. The highest BCUT2D eigenvalue weighted by molar-refractivity contribution is 8.15. The Hall–Kier alpha value is -3.29. The fourth-order valence-electron chi connectivity index (χ4n) is 3.96. The van der Waals surface area contributed by atoms with E-state index in [4.69, 9.17) is 21.3 Å². The van der Waals surface area contributed by atoms with Crippen LogP contribution >= 0.6 is 23.4 Å². The number of unbranched alkanes of at least 4 members (excludes halogenated alkanes) is 3. The van der Waals surface area contributed by atoms with Crippen molar-refractivity contribution in [3.8, 4) is 5.75 Å². The van der Waals surface area contributed by atoms with Gasteiger partial charge in [-0.25, -0.2) is 4.99 Å². The number of carbonyl (C=O) groups excluding carboxylic acids is 2. The van der Waals surface area contributed by atoms with Crippen molar-refractivity contribution < 1.29 is 14.3 Å². The molecule has 8 heteroatoms. The van der Waals surface area contributed by atoms with E-state index in [1.165, 1.54) is 24.6 Å². The van der Waals surface area contributed by atoms with E-state index in [2.05, 4.69) is 12.2 Å². The molecule has 6 nitrogen and oxygen atoms in total. The van der Waals surface area contributed by atoms with Gasteiger partial charge in [0.1, 0.15) is 11.0 Å². The number of anilines is 1. The van der Waals surface area contributed by atoms with Crippen molar-refractivity contribution in [1.82, 2.24) is 4.90 Å². The second-order valence-corrected chi connectivity index (χ2v) is 10.7. The third kappa shape index (κ3) is 8.10. The van der Waals surface area contributed by atoms with Crippen molar-refractivity contribution in [3.05, 3.63) is 89.4 Å². The van der Waals surface area contributed by atoms with Crippen molar-refractivity contribution in [1.29, 1.82) is 0 Å². The topological polar surface area (TPSA) is 71.0 Å². The number of halogens is 1. The average molecular weight is 550 g/mol. The Bertz CT molecular complexity index is 1230. The van der Waals surface area contributed by atoms with E-state index < -0.39 is 5.25 Å². The first-order valence-electron chi connectivity index (χ1n) is 12.9. The lowest BCUT2D eigenvalue weighted by molar-refractivity contribution is -0.129. The molecule has 1 aliphatic heterocycles. The molecule has 2 amide bonds. The van der Waals surface area contributed by atoms with Gasteiger partial charge in [0.05, 0.1) is 18.8 Å². The number of amides is 2. The highest BCUT2D eigenvalue weighted by Gasteiger charge is 2.36. The second kappa shape index (κ2) is 14.0. The third-order valence-corrected chi connectivity index (χ3v) is 7.50. The Labute approximate surface area is 233 Å². The number of carbonyl (C=O) groups is 2. The molecule has 3 aromatic rings. The molecule has 0 radical (unpaired) electrons. The Morgan fingerprint density at radius 1 is 1.03 bits per heavy atom. The van der Waals surface area contributed by atoms with E-state index in [1.807, 2.05) is 66.7 Å². The molecule has 4 rings (SSSR count). The molecule has 3 aromatic carbocycles. The van der Waals surface area contributed by atoms with Gasteiger partial charge < -0.3 is 10.1 Å². The molecular weight excluding hydrogens is 518 g/mol. The smallest absolute Gasteiger partial charge is 0.238 e. The summed E-state index contributed by atoms with van der Waals surface area (Å²) in [4.78, 5) is 32.8. The largest absolute Gasteiger partial charge is 0.494 e. The number of ether oxygens (including phenoxy) is 1. The fraction of sp³-hybridized carbons (Fsp3) is 0.300. The Kier molecular flexibility index (Phi) is 10.2. The molecule has 0 bridgehead atoms. The van der Waals surface area contributed by atoms with E-state index in [9.17, 15) is 9.59 Å². The van der Waals surface area contributed by atoms with E-state index >= 15 is 0 Å². The standard InChI is InChI=1S/C30H32ClN3O3S/c1-2-3-4-8-19-37-26-17-15-25(16-18-26)32-29(36)27-20-28(35)34(21-22-11-13-23(31)14-12-22)30(38-27)33-24-9-6-5-7-10-24/h5-7,9-18,27H,2-4,8,19-21H2,1H3,(H,32,36)/t27-/m0/s1. The molecule has 0 saturated carbocycles. The molecular formula is C30H32ClN3O3S. The van der Waals surface area contributed by atoms with Crippen LogP contribution in [0.2, 0.25) is 5.02 Å². The van der Waals surface area contributed by atoms with Gasteiger partial charge in [-0.2, -0.15) is 0 Å². The lowest BCUT2D eigenvalue weighted by atomic mass is 10.2. The van der Waals surface area contributed by atoms with Gasteiger partial charge in [0, 0.05) is 17.1 Å². The van der Waals surface area contributed by atoms with Crippen LogP contribution in [0, 0.1) is 0 Å². The summed E-state index contributed by atoms with van der Waals surface area (Å²) in [5.41, 5.74) is 2.31. The van der Waals surface area contributed by atoms with Crippen molar-refractivity contribution >= 4 is 51.7 Å². The molecule has 0 aromatic heterocycles. The van der Waals surface area contributed by atoms with Gasteiger partial charge in [0.15, 0.2) is 5.17 Å². The van der Waals surface area contributed by atoms with Crippen molar-refractivity contribution in [2.24, 2.45) is 4.99 Å². The maximum Gasteiger partial charge on any atom is 0.238 e. The lowest BCUT2D eigenvalue weighted by Crippen LogP contribution is -2.44. The van der Waals surface area contributed by atoms with Crippen molar-refractivity contribution in [3.63, 3.8) is 0 Å². The molecule has 1 heterocycles. The first kappa shape index (κ1) is 27.7. The number of aliphatic imine (C=N–C) groups is 1. The highest BCUT2D eigenvalue weighted by atomic mass is 35.5. The number of hydrogen-bond acceptors (Lipinski definition) is 5. The molecule has 1 aliphatic rings. The summed E-state index contributed by atoms with van der Waals surface area (Å²) in [7, 11) is 0. The summed E-state index contributed by atoms with van der Waals surface area (Å²) in [6.07, 6.45) is 4.68.